The fourth-order valence-electron chi connectivity index (χ4n) is 2.89. The number of hydrogen-bond acceptors (Lipinski definition) is 4. The molecule has 0 spiro atoms. The summed E-state index contributed by atoms with van der Waals surface area (Å²) >= 11 is 1.30. The van der Waals surface area contributed by atoms with Crippen molar-refractivity contribution in [3.63, 3.8) is 0 Å². The molecule has 1 heterocycles. The first-order valence-corrected chi connectivity index (χ1v) is 10.1. The third kappa shape index (κ3) is 6.61. The average molecular weight is 382 g/mol. The minimum Gasteiger partial charge on any atom is -0.352 e. The summed E-state index contributed by atoms with van der Waals surface area (Å²) in [6, 6.07) is 6.37. The molecule has 1 atom stereocenters. The van der Waals surface area contributed by atoms with Crippen molar-refractivity contribution in [2.75, 3.05) is 24.2 Å². The van der Waals surface area contributed by atoms with Crippen LogP contribution in [0.4, 0.5) is 10.1 Å². The Bertz CT molecular complexity index is 601. The lowest BCUT2D eigenvalue weighted by molar-refractivity contribution is -0.121. The Labute approximate surface area is 159 Å². The molecule has 1 unspecified atom stereocenters. The van der Waals surface area contributed by atoms with Crippen molar-refractivity contribution in [1.82, 2.24) is 10.2 Å². The second kappa shape index (κ2) is 9.92. The highest BCUT2D eigenvalue weighted by Gasteiger charge is 2.24. The van der Waals surface area contributed by atoms with Crippen molar-refractivity contribution in [3.05, 3.63) is 30.1 Å². The number of carbonyl (C=O) groups excluding carboxylic acids is 2. The Morgan fingerprint density at radius 1 is 1.19 bits per heavy atom. The second-order valence-corrected chi connectivity index (χ2v) is 8.25. The summed E-state index contributed by atoms with van der Waals surface area (Å²) < 4.78 is 12.9. The number of rotatable bonds is 7. The summed E-state index contributed by atoms with van der Waals surface area (Å²) in [6.45, 7) is 8.20. The first-order chi connectivity index (χ1) is 12.3. The Balaban J connectivity index is 1.68. The number of nitrogens with zero attached hydrogens (tertiary/aromatic N) is 1. The topological polar surface area (TPSA) is 61.4 Å². The fourth-order valence-corrected chi connectivity index (χ4v) is 3.58. The molecule has 1 saturated heterocycles. The molecular formula is C19H28FN3O2S. The maximum atomic E-state index is 12.9. The molecule has 7 heteroatoms. The van der Waals surface area contributed by atoms with Gasteiger partial charge in [-0.15, -0.1) is 11.8 Å². The van der Waals surface area contributed by atoms with Crippen LogP contribution in [0.5, 0.6) is 0 Å². The molecule has 1 aromatic rings. The number of hydrogen-bond donors (Lipinski definition) is 2. The van der Waals surface area contributed by atoms with Crippen molar-refractivity contribution in [3.8, 4) is 0 Å². The molecule has 0 bridgehead atoms. The third-order valence-electron chi connectivity index (χ3n) is 4.57. The zero-order chi connectivity index (χ0) is 19.1. The van der Waals surface area contributed by atoms with Crippen molar-refractivity contribution in [2.45, 2.75) is 50.9 Å². The van der Waals surface area contributed by atoms with Gasteiger partial charge in [0, 0.05) is 30.9 Å². The largest absolute Gasteiger partial charge is 0.352 e. The number of benzene rings is 1. The molecule has 1 fully saturated rings. The van der Waals surface area contributed by atoms with Crippen LogP contribution in [0.1, 0.15) is 33.6 Å². The van der Waals surface area contributed by atoms with E-state index in [0.29, 0.717) is 11.7 Å². The molecule has 2 rings (SSSR count). The van der Waals surface area contributed by atoms with Gasteiger partial charge in [-0.05, 0) is 57.9 Å². The van der Waals surface area contributed by atoms with Crippen molar-refractivity contribution in [2.24, 2.45) is 0 Å². The molecule has 2 N–H and O–H groups in total. The smallest absolute Gasteiger partial charge is 0.234 e. The maximum absolute atomic E-state index is 12.9. The van der Waals surface area contributed by atoms with Crippen molar-refractivity contribution >= 4 is 29.3 Å². The van der Waals surface area contributed by atoms with E-state index in [0.717, 1.165) is 25.9 Å². The molecule has 0 aliphatic carbocycles. The number of amides is 2. The van der Waals surface area contributed by atoms with Crippen LogP contribution in [-0.2, 0) is 9.59 Å². The highest BCUT2D eigenvalue weighted by Crippen LogP contribution is 2.16. The first kappa shape index (κ1) is 20.7. The van der Waals surface area contributed by atoms with Crippen LogP contribution >= 0.6 is 11.8 Å². The summed E-state index contributed by atoms with van der Waals surface area (Å²) in [7, 11) is 0. The van der Waals surface area contributed by atoms with Gasteiger partial charge in [-0.25, -0.2) is 4.39 Å². The van der Waals surface area contributed by atoms with E-state index in [9.17, 15) is 14.0 Å². The summed E-state index contributed by atoms with van der Waals surface area (Å²) in [5.74, 6) is -0.390. The van der Waals surface area contributed by atoms with E-state index in [1.54, 1.807) is 0 Å². The van der Waals surface area contributed by atoms with Gasteiger partial charge in [-0.3, -0.25) is 9.59 Å². The zero-order valence-electron chi connectivity index (χ0n) is 15.6. The Morgan fingerprint density at radius 3 is 2.38 bits per heavy atom. The van der Waals surface area contributed by atoms with E-state index in [-0.39, 0.29) is 34.7 Å². The molecule has 0 aromatic heterocycles. The molecule has 1 aliphatic rings. The lowest BCUT2D eigenvalue weighted by atomic mass is 10.0. The number of nitrogens with one attached hydrogen (secondary N) is 2. The number of halogens is 1. The number of thioether (sulfide) groups is 1. The second-order valence-electron chi connectivity index (χ2n) is 6.92. The van der Waals surface area contributed by atoms with E-state index in [1.165, 1.54) is 36.0 Å². The highest BCUT2D eigenvalue weighted by atomic mass is 32.2. The lowest BCUT2D eigenvalue weighted by Gasteiger charge is -2.35. The predicted molar refractivity (Wildman–Crippen MR) is 105 cm³/mol. The molecule has 26 heavy (non-hydrogen) atoms. The van der Waals surface area contributed by atoms with Crippen LogP contribution in [0, 0.1) is 5.82 Å². The number of carbonyl (C=O) groups is 2. The average Bonchev–Trinajstić information content (AvgIpc) is 2.62. The number of anilines is 1. The van der Waals surface area contributed by atoms with Crippen LogP contribution in [0.25, 0.3) is 0 Å². The van der Waals surface area contributed by atoms with Gasteiger partial charge < -0.3 is 15.5 Å². The summed E-state index contributed by atoms with van der Waals surface area (Å²) in [6.07, 6.45) is 1.93. The predicted octanol–water partition coefficient (Wildman–Crippen LogP) is 2.87. The minimum absolute atomic E-state index is 0.0208. The van der Waals surface area contributed by atoms with E-state index in [1.807, 2.05) is 6.92 Å². The Hall–Kier alpha value is -1.60. The standard InChI is InChI=1S/C19H28FN3O2S/c1-13(2)23-10-8-17(9-11-23)22-19(25)14(3)26-12-18(24)21-16-6-4-15(20)5-7-16/h4-7,13-14,17H,8-12H2,1-3H3,(H,21,24)(H,22,25). The van der Waals surface area contributed by atoms with Crippen LogP contribution in [0.15, 0.2) is 24.3 Å². The highest BCUT2D eigenvalue weighted by molar-refractivity contribution is 8.01. The molecule has 144 valence electrons. The van der Waals surface area contributed by atoms with Crippen LogP contribution in [0.2, 0.25) is 0 Å². The Kier molecular flexibility index (Phi) is 7.90. The normalized spacial score (nSPS) is 17.1. The van der Waals surface area contributed by atoms with Gasteiger partial charge in [0.1, 0.15) is 5.82 Å². The van der Waals surface area contributed by atoms with Gasteiger partial charge in [0.25, 0.3) is 0 Å². The molecule has 1 aromatic carbocycles. The van der Waals surface area contributed by atoms with E-state index < -0.39 is 0 Å². The van der Waals surface area contributed by atoms with Crippen LogP contribution < -0.4 is 10.6 Å². The monoisotopic (exact) mass is 381 g/mol. The van der Waals surface area contributed by atoms with E-state index in [4.69, 9.17) is 0 Å². The quantitative estimate of drug-likeness (QED) is 0.762. The van der Waals surface area contributed by atoms with Crippen molar-refractivity contribution in [1.29, 1.82) is 0 Å². The number of piperidine rings is 1. The van der Waals surface area contributed by atoms with Gasteiger partial charge in [-0.1, -0.05) is 0 Å². The summed E-state index contributed by atoms with van der Waals surface area (Å²) in [5, 5.41) is 5.50. The van der Waals surface area contributed by atoms with Gasteiger partial charge >= 0.3 is 0 Å². The van der Waals surface area contributed by atoms with E-state index >= 15 is 0 Å². The van der Waals surface area contributed by atoms with Crippen molar-refractivity contribution < 1.29 is 14.0 Å². The SMILES string of the molecule is CC(SCC(=O)Nc1ccc(F)cc1)C(=O)NC1CCN(C(C)C)CC1. The Morgan fingerprint density at radius 2 is 1.81 bits per heavy atom. The first-order valence-electron chi connectivity index (χ1n) is 9.06. The molecule has 0 saturated carbocycles. The van der Waals surface area contributed by atoms with Gasteiger partial charge in [-0.2, -0.15) is 0 Å². The maximum Gasteiger partial charge on any atom is 0.234 e. The summed E-state index contributed by atoms with van der Waals surface area (Å²) in [5.41, 5.74) is 0.547. The van der Waals surface area contributed by atoms with Gasteiger partial charge in [0.2, 0.25) is 11.8 Å². The molecule has 1 aliphatic heterocycles. The molecule has 0 radical (unpaired) electrons. The van der Waals surface area contributed by atoms with Crippen LogP contribution in [-0.4, -0.2) is 52.9 Å². The number of likely N-dealkylation sites (tertiary alicyclic amines) is 1. The van der Waals surface area contributed by atoms with Gasteiger partial charge in [0.15, 0.2) is 0 Å². The molecular weight excluding hydrogens is 353 g/mol. The zero-order valence-corrected chi connectivity index (χ0v) is 16.4. The van der Waals surface area contributed by atoms with Gasteiger partial charge in [0.05, 0.1) is 11.0 Å². The molecule has 2 amide bonds. The third-order valence-corrected chi connectivity index (χ3v) is 5.71. The molecule has 5 nitrogen and oxygen atoms in total. The minimum atomic E-state index is -0.345. The van der Waals surface area contributed by atoms with E-state index in [2.05, 4.69) is 29.4 Å². The van der Waals surface area contributed by atoms with Crippen LogP contribution in [0.3, 0.4) is 0 Å². The fraction of sp³-hybridized carbons (Fsp3) is 0.579. The summed E-state index contributed by atoms with van der Waals surface area (Å²) in [4.78, 5) is 26.7. The lowest BCUT2D eigenvalue weighted by Crippen LogP contribution is -2.48.